The summed E-state index contributed by atoms with van der Waals surface area (Å²) in [5.41, 5.74) is 5.40. The Bertz CT molecular complexity index is 330. The molecule has 0 bridgehead atoms. The van der Waals surface area contributed by atoms with Gasteiger partial charge in [0, 0.05) is 13.1 Å². The molecule has 0 aromatic rings. The Morgan fingerprint density at radius 1 is 1.53 bits per heavy atom. The van der Waals surface area contributed by atoms with Crippen LogP contribution in [-0.2, 0) is 14.8 Å². The normalized spacial score (nSPS) is 23.4. The van der Waals surface area contributed by atoms with Crippen LogP contribution in [0, 0.1) is 0 Å². The van der Waals surface area contributed by atoms with Crippen molar-refractivity contribution in [1.29, 1.82) is 0 Å². The molecule has 15 heavy (non-hydrogen) atoms. The molecule has 1 amide bonds. The van der Waals surface area contributed by atoms with Gasteiger partial charge in [-0.05, 0) is 13.3 Å². The van der Waals surface area contributed by atoms with Gasteiger partial charge < -0.3 is 10.6 Å². The van der Waals surface area contributed by atoms with Gasteiger partial charge in [-0.2, -0.15) is 0 Å². The molecule has 1 fully saturated rings. The Hall–Kier alpha value is -0.370. The minimum Gasteiger partial charge on any atom is -0.340 e. The molecule has 8 heteroatoms. The molecule has 2 atom stereocenters. The van der Waals surface area contributed by atoms with E-state index in [1.54, 1.807) is 6.92 Å². The highest BCUT2D eigenvalue weighted by molar-refractivity contribution is 7.89. The summed E-state index contributed by atoms with van der Waals surface area (Å²) >= 11 is 0. The predicted molar refractivity (Wildman–Crippen MR) is 59.0 cm³/mol. The molecular formula is C7H16ClN3O3S. The number of hydrogen-bond donors (Lipinski definition) is 2. The van der Waals surface area contributed by atoms with E-state index in [0.717, 1.165) is 0 Å². The van der Waals surface area contributed by atoms with Gasteiger partial charge in [0.25, 0.3) is 0 Å². The number of primary sulfonamides is 1. The molecule has 1 rings (SSSR count). The maximum atomic E-state index is 11.4. The van der Waals surface area contributed by atoms with Crippen molar-refractivity contribution in [1.82, 2.24) is 4.90 Å². The number of carbonyl (C=O) groups excluding carboxylic acids is 1. The summed E-state index contributed by atoms with van der Waals surface area (Å²) in [4.78, 5) is 12.8. The zero-order valence-electron chi connectivity index (χ0n) is 8.42. The van der Waals surface area contributed by atoms with E-state index < -0.39 is 21.3 Å². The smallest absolute Gasteiger partial charge is 0.239 e. The standard InChI is InChI=1S/C7H15N3O3S.ClH/c1-5(8)7(11)10-3-2-6(4-10)14(9,12)13;/h5-6H,2-4,8H2,1H3,(H2,9,12,13);1H/t5-,6?;/m1./s1. The van der Waals surface area contributed by atoms with Crippen molar-refractivity contribution in [2.75, 3.05) is 13.1 Å². The third-order valence-electron chi connectivity index (χ3n) is 2.31. The molecule has 0 radical (unpaired) electrons. The molecule has 0 aromatic heterocycles. The predicted octanol–water partition coefficient (Wildman–Crippen LogP) is -1.36. The molecule has 1 saturated heterocycles. The first kappa shape index (κ1) is 14.6. The number of hydrogen-bond acceptors (Lipinski definition) is 4. The van der Waals surface area contributed by atoms with Crippen LogP contribution in [0.4, 0.5) is 0 Å². The Balaban J connectivity index is 0.00000196. The summed E-state index contributed by atoms with van der Waals surface area (Å²) in [5, 5.41) is 4.35. The van der Waals surface area contributed by atoms with Crippen LogP contribution < -0.4 is 10.9 Å². The molecule has 4 N–H and O–H groups in total. The Labute approximate surface area is 95.4 Å². The first-order chi connectivity index (χ1) is 6.32. The van der Waals surface area contributed by atoms with Crippen molar-refractivity contribution in [3.8, 4) is 0 Å². The molecule has 0 aromatic carbocycles. The van der Waals surface area contributed by atoms with Gasteiger partial charge >= 0.3 is 0 Å². The van der Waals surface area contributed by atoms with Gasteiger partial charge in [-0.15, -0.1) is 12.4 Å². The van der Waals surface area contributed by atoms with E-state index in [1.807, 2.05) is 0 Å². The number of nitrogens with two attached hydrogens (primary N) is 2. The fraction of sp³-hybridized carbons (Fsp3) is 0.857. The number of rotatable bonds is 2. The molecule has 1 unspecified atom stereocenters. The zero-order valence-corrected chi connectivity index (χ0v) is 10.1. The number of carbonyl (C=O) groups is 1. The van der Waals surface area contributed by atoms with Crippen molar-refractivity contribution < 1.29 is 13.2 Å². The lowest BCUT2D eigenvalue weighted by atomic mass is 10.3. The first-order valence-corrected chi connectivity index (χ1v) is 5.99. The van der Waals surface area contributed by atoms with Gasteiger partial charge in [0.1, 0.15) is 0 Å². The summed E-state index contributed by atoms with van der Waals surface area (Å²) in [7, 11) is -3.53. The van der Waals surface area contributed by atoms with E-state index in [1.165, 1.54) is 4.90 Å². The highest BCUT2D eigenvalue weighted by atomic mass is 35.5. The molecular weight excluding hydrogens is 242 g/mol. The number of amides is 1. The van der Waals surface area contributed by atoms with Crippen molar-refractivity contribution in [3.63, 3.8) is 0 Å². The third-order valence-corrected chi connectivity index (χ3v) is 3.62. The second-order valence-electron chi connectivity index (χ2n) is 3.57. The van der Waals surface area contributed by atoms with Crippen molar-refractivity contribution in [3.05, 3.63) is 0 Å². The Kier molecular flexibility index (Phi) is 4.98. The van der Waals surface area contributed by atoms with Gasteiger partial charge in [0.15, 0.2) is 0 Å². The van der Waals surface area contributed by atoms with E-state index in [2.05, 4.69) is 0 Å². The fourth-order valence-electron chi connectivity index (χ4n) is 1.48. The van der Waals surface area contributed by atoms with Crippen LogP contribution in [0.2, 0.25) is 0 Å². The van der Waals surface area contributed by atoms with Crippen LogP contribution in [-0.4, -0.2) is 43.6 Å². The van der Waals surface area contributed by atoms with Crippen LogP contribution in [0.1, 0.15) is 13.3 Å². The SMILES string of the molecule is C[C@@H](N)C(=O)N1CCC(S(N)(=O)=O)C1.Cl. The third kappa shape index (κ3) is 3.60. The van der Waals surface area contributed by atoms with E-state index in [0.29, 0.717) is 13.0 Å². The van der Waals surface area contributed by atoms with E-state index in [4.69, 9.17) is 10.9 Å². The number of sulfonamides is 1. The summed E-state index contributed by atoms with van der Waals surface area (Å²) in [5.74, 6) is -0.226. The van der Waals surface area contributed by atoms with Gasteiger partial charge in [-0.1, -0.05) is 0 Å². The minimum absolute atomic E-state index is 0. The van der Waals surface area contributed by atoms with E-state index in [-0.39, 0.29) is 24.9 Å². The quantitative estimate of drug-likeness (QED) is 0.637. The molecule has 1 aliphatic rings. The van der Waals surface area contributed by atoms with Crippen molar-refractivity contribution >= 4 is 28.3 Å². The lowest BCUT2D eigenvalue weighted by Crippen LogP contribution is -2.42. The second kappa shape index (κ2) is 5.11. The highest BCUT2D eigenvalue weighted by Gasteiger charge is 2.33. The summed E-state index contributed by atoms with van der Waals surface area (Å²) in [6.07, 6.45) is 0.400. The monoisotopic (exact) mass is 257 g/mol. The second-order valence-corrected chi connectivity index (χ2v) is 5.42. The Morgan fingerprint density at radius 3 is 2.40 bits per heavy atom. The molecule has 0 aliphatic carbocycles. The zero-order chi connectivity index (χ0) is 10.9. The van der Waals surface area contributed by atoms with E-state index >= 15 is 0 Å². The average molecular weight is 258 g/mol. The number of halogens is 1. The van der Waals surface area contributed by atoms with Crippen LogP contribution in [0.3, 0.4) is 0 Å². The van der Waals surface area contributed by atoms with Crippen LogP contribution in [0.25, 0.3) is 0 Å². The van der Waals surface area contributed by atoms with Crippen LogP contribution in [0.15, 0.2) is 0 Å². The molecule has 0 saturated carbocycles. The first-order valence-electron chi connectivity index (χ1n) is 4.38. The minimum atomic E-state index is -3.53. The molecule has 1 heterocycles. The van der Waals surface area contributed by atoms with Crippen LogP contribution in [0.5, 0.6) is 0 Å². The van der Waals surface area contributed by atoms with Gasteiger partial charge in [-0.25, -0.2) is 13.6 Å². The van der Waals surface area contributed by atoms with Crippen molar-refractivity contribution in [2.45, 2.75) is 24.6 Å². The lowest BCUT2D eigenvalue weighted by molar-refractivity contribution is -0.131. The van der Waals surface area contributed by atoms with Gasteiger partial charge in [0.2, 0.25) is 15.9 Å². The topological polar surface area (TPSA) is 106 Å². The van der Waals surface area contributed by atoms with Gasteiger partial charge in [-0.3, -0.25) is 4.79 Å². The summed E-state index contributed by atoms with van der Waals surface area (Å²) < 4.78 is 22.0. The Morgan fingerprint density at radius 2 is 2.07 bits per heavy atom. The number of likely N-dealkylation sites (tertiary alicyclic amines) is 1. The van der Waals surface area contributed by atoms with Crippen LogP contribution >= 0.6 is 12.4 Å². The number of nitrogens with zero attached hydrogens (tertiary/aromatic N) is 1. The highest BCUT2D eigenvalue weighted by Crippen LogP contribution is 2.15. The largest absolute Gasteiger partial charge is 0.340 e. The van der Waals surface area contributed by atoms with Crippen molar-refractivity contribution in [2.24, 2.45) is 10.9 Å². The van der Waals surface area contributed by atoms with E-state index in [9.17, 15) is 13.2 Å². The molecule has 6 nitrogen and oxygen atoms in total. The molecule has 0 spiro atoms. The fourth-order valence-corrected chi connectivity index (χ4v) is 2.31. The maximum absolute atomic E-state index is 11.4. The average Bonchev–Trinajstić information content (AvgIpc) is 2.49. The molecule has 1 aliphatic heterocycles. The maximum Gasteiger partial charge on any atom is 0.239 e. The van der Waals surface area contributed by atoms with Gasteiger partial charge in [0.05, 0.1) is 11.3 Å². The molecule has 90 valence electrons. The summed E-state index contributed by atoms with van der Waals surface area (Å²) in [6.45, 7) is 2.16. The lowest BCUT2D eigenvalue weighted by Gasteiger charge is -2.17. The summed E-state index contributed by atoms with van der Waals surface area (Å²) in [6, 6.07) is -0.589.